The van der Waals surface area contributed by atoms with Crippen LogP contribution in [0, 0.1) is 5.92 Å². The Morgan fingerprint density at radius 2 is 2.19 bits per heavy atom. The maximum Gasteiger partial charge on any atom is 0.178 e. The second-order valence-corrected chi connectivity index (χ2v) is 8.27. The van der Waals surface area contributed by atoms with Crippen molar-refractivity contribution in [2.24, 2.45) is 5.92 Å². The van der Waals surface area contributed by atoms with Gasteiger partial charge in [0.15, 0.2) is 9.84 Å². The molecule has 0 spiro atoms. The maximum atomic E-state index is 12.0. The third-order valence-electron chi connectivity index (χ3n) is 3.86. The number of hydrogen-bond donors (Lipinski definition) is 1. The highest BCUT2D eigenvalue weighted by Crippen LogP contribution is 2.27. The number of hydrogen-bond acceptors (Lipinski definition) is 5. The molecule has 21 heavy (non-hydrogen) atoms. The van der Waals surface area contributed by atoms with Crippen molar-refractivity contribution in [3.05, 3.63) is 17.7 Å². The number of nitrogens with zero attached hydrogens (tertiary/aromatic N) is 2. The Hall–Kier alpha value is -1.01. The Balaban J connectivity index is 2.33. The van der Waals surface area contributed by atoms with Gasteiger partial charge in [-0.15, -0.1) is 0 Å². The lowest BCUT2D eigenvalue weighted by Gasteiger charge is -2.24. The van der Waals surface area contributed by atoms with Crippen molar-refractivity contribution in [2.75, 3.05) is 19.3 Å². The molecule has 118 valence electrons. The van der Waals surface area contributed by atoms with Gasteiger partial charge < -0.3 is 5.32 Å². The van der Waals surface area contributed by atoms with Gasteiger partial charge in [-0.1, -0.05) is 13.8 Å². The second kappa shape index (κ2) is 6.83. The van der Waals surface area contributed by atoms with Crippen LogP contribution in [0.5, 0.6) is 0 Å². The second-order valence-electron chi connectivity index (χ2n) is 6.28. The number of rotatable bonds is 5. The average Bonchev–Trinajstić information content (AvgIpc) is 2.44. The molecule has 0 radical (unpaired) electrons. The summed E-state index contributed by atoms with van der Waals surface area (Å²) in [6.07, 6.45) is 6.59. The van der Waals surface area contributed by atoms with Gasteiger partial charge in [0.25, 0.3) is 0 Å². The van der Waals surface area contributed by atoms with Gasteiger partial charge in [-0.05, 0) is 31.7 Å². The van der Waals surface area contributed by atoms with Crippen molar-refractivity contribution in [2.45, 2.75) is 50.3 Å². The van der Waals surface area contributed by atoms with Crippen molar-refractivity contribution in [1.29, 1.82) is 0 Å². The molecular formula is C15H25N3O2S. The SMILES string of the molecule is CC(C)CCc1ncc(S(C)(=O)=O)c([C@@H]2CCCNC2)n1. The van der Waals surface area contributed by atoms with E-state index >= 15 is 0 Å². The number of aromatic nitrogens is 2. The van der Waals surface area contributed by atoms with Gasteiger partial charge in [0.05, 0.1) is 5.69 Å². The molecule has 2 rings (SSSR count). The van der Waals surface area contributed by atoms with E-state index in [1.165, 1.54) is 12.5 Å². The van der Waals surface area contributed by atoms with E-state index in [0.717, 1.165) is 44.6 Å². The van der Waals surface area contributed by atoms with Crippen LogP contribution in [-0.4, -0.2) is 37.7 Å². The van der Waals surface area contributed by atoms with Crippen LogP contribution in [0.1, 0.15) is 50.5 Å². The van der Waals surface area contributed by atoms with Gasteiger partial charge in [-0.25, -0.2) is 18.4 Å². The fourth-order valence-electron chi connectivity index (χ4n) is 2.62. The molecule has 1 aromatic rings. The summed E-state index contributed by atoms with van der Waals surface area (Å²) >= 11 is 0. The van der Waals surface area contributed by atoms with Crippen molar-refractivity contribution in [3.8, 4) is 0 Å². The first-order valence-corrected chi connectivity index (χ1v) is 9.53. The Labute approximate surface area is 127 Å². The topological polar surface area (TPSA) is 72.0 Å². The smallest absolute Gasteiger partial charge is 0.178 e. The minimum absolute atomic E-state index is 0.171. The molecule has 1 N–H and O–H groups in total. The van der Waals surface area contributed by atoms with Crippen LogP contribution in [0.15, 0.2) is 11.1 Å². The summed E-state index contributed by atoms with van der Waals surface area (Å²) < 4.78 is 23.9. The number of sulfone groups is 1. The largest absolute Gasteiger partial charge is 0.316 e. The quantitative estimate of drug-likeness (QED) is 0.899. The third kappa shape index (κ3) is 4.48. The summed E-state index contributed by atoms with van der Waals surface area (Å²) in [4.78, 5) is 9.16. The van der Waals surface area contributed by atoms with Crippen molar-refractivity contribution >= 4 is 9.84 Å². The predicted octanol–water partition coefficient (Wildman–Crippen LogP) is 1.94. The Morgan fingerprint density at radius 1 is 1.43 bits per heavy atom. The molecular weight excluding hydrogens is 286 g/mol. The van der Waals surface area contributed by atoms with Crippen molar-refractivity contribution in [3.63, 3.8) is 0 Å². The monoisotopic (exact) mass is 311 g/mol. The van der Waals surface area contributed by atoms with Crippen LogP contribution in [-0.2, 0) is 16.3 Å². The Bertz CT molecular complexity index is 579. The molecule has 2 heterocycles. The minimum Gasteiger partial charge on any atom is -0.316 e. The van der Waals surface area contributed by atoms with Crippen LogP contribution in [0.2, 0.25) is 0 Å². The fourth-order valence-corrected chi connectivity index (χ4v) is 3.46. The summed E-state index contributed by atoms with van der Waals surface area (Å²) in [6, 6.07) is 0. The molecule has 1 atom stereocenters. The van der Waals surface area contributed by atoms with E-state index in [9.17, 15) is 8.42 Å². The van der Waals surface area contributed by atoms with E-state index in [4.69, 9.17) is 0 Å². The fraction of sp³-hybridized carbons (Fsp3) is 0.733. The highest BCUT2D eigenvalue weighted by Gasteiger charge is 2.25. The van der Waals surface area contributed by atoms with E-state index in [1.54, 1.807) is 0 Å². The molecule has 0 amide bonds. The molecule has 0 saturated carbocycles. The van der Waals surface area contributed by atoms with E-state index in [1.807, 2.05) is 0 Å². The highest BCUT2D eigenvalue weighted by molar-refractivity contribution is 7.90. The summed E-state index contributed by atoms with van der Waals surface area (Å²) in [5.41, 5.74) is 0.707. The van der Waals surface area contributed by atoms with Crippen LogP contribution >= 0.6 is 0 Å². The minimum atomic E-state index is -3.28. The molecule has 1 aliphatic rings. The van der Waals surface area contributed by atoms with E-state index < -0.39 is 9.84 Å². The molecule has 1 fully saturated rings. The first-order valence-electron chi connectivity index (χ1n) is 7.64. The van der Waals surface area contributed by atoms with Gasteiger partial charge in [-0.3, -0.25) is 0 Å². The van der Waals surface area contributed by atoms with Gasteiger partial charge in [-0.2, -0.15) is 0 Å². The van der Waals surface area contributed by atoms with E-state index in [0.29, 0.717) is 16.5 Å². The van der Waals surface area contributed by atoms with Gasteiger partial charge in [0.1, 0.15) is 10.7 Å². The van der Waals surface area contributed by atoms with Crippen molar-refractivity contribution in [1.82, 2.24) is 15.3 Å². The predicted molar refractivity (Wildman–Crippen MR) is 83.1 cm³/mol. The standard InChI is InChI=1S/C15H25N3O2S/c1-11(2)6-7-14-17-10-13(21(3,19)20)15(18-14)12-5-4-8-16-9-12/h10-12,16H,4-9H2,1-3H3/t12-/m1/s1. The maximum absolute atomic E-state index is 12.0. The Morgan fingerprint density at radius 3 is 2.76 bits per heavy atom. The number of piperidine rings is 1. The third-order valence-corrected chi connectivity index (χ3v) is 4.97. The van der Waals surface area contributed by atoms with Gasteiger partial charge in [0.2, 0.25) is 0 Å². The van der Waals surface area contributed by atoms with Crippen LogP contribution in [0.3, 0.4) is 0 Å². The zero-order valence-corrected chi connectivity index (χ0v) is 13.9. The lowest BCUT2D eigenvalue weighted by Crippen LogP contribution is -2.30. The molecule has 1 saturated heterocycles. The van der Waals surface area contributed by atoms with Gasteiger partial charge in [0, 0.05) is 31.3 Å². The molecule has 1 aliphatic heterocycles. The molecule has 0 bridgehead atoms. The zero-order valence-electron chi connectivity index (χ0n) is 13.1. The Kier molecular flexibility index (Phi) is 5.32. The zero-order chi connectivity index (χ0) is 15.5. The number of nitrogens with one attached hydrogen (secondary N) is 1. The number of aryl methyl sites for hydroxylation is 1. The lowest BCUT2D eigenvalue weighted by atomic mass is 9.96. The first-order chi connectivity index (χ1) is 9.88. The first kappa shape index (κ1) is 16.4. The molecule has 0 aliphatic carbocycles. The lowest BCUT2D eigenvalue weighted by molar-refractivity contribution is 0.445. The summed E-state index contributed by atoms with van der Waals surface area (Å²) in [5.74, 6) is 1.52. The van der Waals surface area contributed by atoms with Crippen molar-refractivity contribution < 1.29 is 8.42 Å². The summed E-state index contributed by atoms with van der Waals surface area (Å²) in [6.45, 7) is 6.12. The van der Waals surface area contributed by atoms with E-state index in [2.05, 4.69) is 29.1 Å². The van der Waals surface area contributed by atoms with Crippen LogP contribution in [0.4, 0.5) is 0 Å². The van der Waals surface area contributed by atoms with Crippen LogP contribution < -0.4 is 5.32 Å². The molecule has 0 aromatic carbocycles. The van der Waals surface area contributed by atoms with Crippen LogP contribution in [0.25, 0.3) is 0 Å². The molecule has 5 nitrogen and oxygen atoms in total. The normalized spacial score (nSPS) is 19.9. The molecule has 1 aromatic heterocycles. The van der Waals surface area contributed by atoms with E-state index in [-0.39, 0.29) is 5.92 Å². The molecule has 6 heteroatoms. The summed E-state index contributed by atoms with van der Waals surface area (Å²) in [5, 5.41) is 3.33. The highest BCUT2D eigenvalue weighted by atomic mass is 32.2. The summed E-state index contributed by atoms with van der Waals surface area (Å²) in [7, 11) is -3.28. The van der Waals surface area contributed by atoms with Gasteiger partial charge >= 0.3 is 0 Å². The average molecular weight is 311 g/mol. The molecule has 0 unspecified atom stereocenters.